The molecule has 0 saturated carbocycles. The van der Waals surface area contributed by atoms with Gasteiger partial charge in [-0.25, -0.2) is 0 Å². The Balaban J connectivity index is 0.000000458. The van der Waals surface area contributed by atoms with Crippen molar-refractivity contribution in [2.75, 3.05) is 23.5 Å². The largest absolute Gasteiger partial charge is 0.411 e. The van der Waals surface area contributed by atoms with Crippen LogP contribution >= 0.6 is 23.2 Å². The number of pyridine rings is 3. The van der Waals surface area contributed by atoms with Crippen LogP contribution in [0.5, 0.6) is 0 Å². The Morgan fingerprint density at radius 3 is 1.22 bits per heavy atom. The maximum absolute atomic E-state index is 8.43. The molecule has 3 aromatic rings. The summed E-state index contributed by atoms with van der Waals surface area (Å²) in [6, 6.07) is 17.3. The molecule has 45 heavy (non-hydrogen) atoms. The van der Waals surface area contributed by atoms with Gasteiger partial charge in [0.2, 0.25) is 0 Å². The van der Waals surface area contributed by atoms with Crippen molar-refractivity contribution in [1.82, 2.24) is 15.0 Å². The number of hydrogen-bond donors (Lipinski definition) is 1. The van der Waals surface area contributed by atoms with E-state index in [4.69, 9.17) is 38.1 Å². The highest BCUT2D eigenvalue weighted by molar-refractivity contribution is 6.87. The van der Waals surface area contributed by atoms with Crippen molar-refractivity contribution in [3.05, 3.63) is 88.8 Å². The predicted molar refractivity (Wildman–Crippen MR) is 194 cm³/mol. The third-order valence-electron chi connectivity index (χ3n) is 5.96. The van der Waals surface area contributed by atoms with Crippen LogP contribution in [0.15, 0.2) is 70.1 Å². The van der Waals surface area contributed by atoms with E-state index >= 15 is 0 Å². The second kappa shape index (κ2) is 20.1. The van der Waals surface area contributed by atoms with Gasteiger partial charge in [-0.15, -0.1) is 23.2 Å². The minimum absolute atomic E-state index is 0.536. The fourth-order valence-electron chi connectivity index (χ4n) is 3.06. The van der Waals surface area contributed by atoms with Gasteiger partial charge in [0, 0.05) is 28.1 Å². The highest BCUT2D eigenvalue weighted by Gasteiger charge is 2.24. The van der Waals surface area contributed by atoms with Crippen LogP contribution in [0.4, 0.5) is 0 Å². The number of oxime groups is 3. The summed E-state index contributed by atoms with van der Waals surface area (Å²) in [7, 11) is -2.88. The summed E-state index contributed by atoms with van der Waals surface area (Å²) >= 11 is 11.1. The Labute approximate surface area is 280 Å². The van der Waals surface area contributed by atoms with Crippen LogP contribution in [0.1, 0.15) is 54.9 Å². The molecule has 0 aromatic carbocycles. The highest BCUT2D eigenvalue weighted by Crippen LogP contribution is 2.08. The van der Waals surface area contributed by atoms with Crippen LogP contribution in [0.3, 0.4) is 0 Å². The van der Waals surface area contributed by atoms with Gasteiger partial charge in [-0.05, 0) is 77.9 Å². The molecule has 1 N–H and O–H groups in total. The van der Waals surface area contributed by atoms with Gasteiger partial charge in [0.1, 0.15) is 37.7 Å². The summed E-state index contributed by atoms with van der Waals surface area (Å²) in [5.41, 5.74) is 8.84. The lowest BCUT2D eigenvalue weighted by Gasteiger charge is -2.18. The van der Waals surface area contributed by atoms with Crippen LogP contribution in [-0.2, 0) is 9.68 Å². The van der Waals surface area contributed by atoms with Crippen molar-refractivity contribution in [3.63, 3.8) is 0 Å². The normalized spacial score (nSPS) is 12.4. The molecule has 0 aliphatic heterocycles. The molecule has 3 aromatic heterocycles. The lowest BCUT2D eigenvalue weighted by atomic mass is 10.2. The Hall–Kier alpha value is -3.13. The lowest BCUT2D eigenvalue weighted by Crippen LogP contribution is -2.38. The van der Waals surface area contributed by atoms with Crippen molar-refractivity contribution in [2.24, 2.45) is 15.5 Å². The molecule has 9 nitrogen and oxygen atoms in total. The average molecular weight is 692 g/mol. The quantitative estimate of drug-likeness (QED) is 0.0719. The van der Waals surface area contributed by atoms with E-state index in [0.717, 1.165) is 50.9 Å². The minimum Gasteiger partial charge on any atom is -0.411 e. The van der Waals surface area contributed by atoms with E-state index in [-0.39, 0.29) is 0 Å². The van der Waals surface area contributed by atoms with Crippen molar-refractivity contribution < 1.29 is 14.9 Å². The fraction of sp³-hybridized carbons (Fsp3) is 0.438. The van der Waals surface area contributed by atoms with Crippen molar-refractivity contribution in [2.45, 2.75) is 67.7 Å². The van der Waals surface area contributed by atoms with E-state index in [9.17, 15) is 0 Å². The average Bonchev–Trinajstić information content (AvgIpc) is 3.01. The first-order chi connectivity index (χ1) is 21.1. The van der Waals surface area contributed by atoms with E-state index in [1.54, 1.807) is 6.92 Å². The molecule has 0 amide bonds. The van der Waals surface area contributed by atoms with Gasteiger partial charge >= 0.3 is 0 Å². The van der Waals surface area contributed by atoms with E-state index in [1.807, 2.05) is 89.2 Å². The third kappa shape index (κ3) is 16.7. The number of alkyl halides is 2. The molecule has 3 heterocycles. The monoisotopic (exact) mass is 690 g/mol. The first-order valence-corrected chi connectivity index (χ1v) is 22.5. The second-order valence-corrected chi connectivity index (χ2v) is 23.5. The molecular formula is C32H48Cl2N6O3Si2. The van der Waals surface area contributed by atoms with Gasteiger partial charge in [-0.3, -0.25) is 15.0 Å². The number of nitrogens with zero attached hydrogens (tertiary/aromatic N) is 6. The minimum atomic E-state index is -1.76. The maximum atomic E-state index is 8.43. The molecule has 3 rings (SSSR count). The number of aromatic nitrogens is 3. The van der Waals surface area contributed by atoms with E-state index < -0.39 is 16.1 Å². The number of aryl methyl sites for hydroxylation is 3. The zero-order valence-electron chi connectivity index (χ0n) is 28.2. The summed E-state index contributed by atoms with van der Waals surface area (Å²) in [4.78, 5) is 24.2. The molecule has 0 atom stereocenters. The van der Waals surface area contributed by atoms with Gasteiger partial charge in [0.15, 0.2) is 0 Å². The zero-order chi connectivity index (χ0) is 34.0. The Morgan fingerprint density at radius 2 is 0.956 bits per heavy atom. The summed E-state index contributed by atoms with van der Waals surface area (Å²) in [6.45, 7) is 20.0. The first-order valence-electron chi connectivity index (χ1n) is 14.6. The molecule has 0 aliphatic rings. The van der Waals surface area contributed by atoms with Crippen LogP contribution < -0.4 is 0 Å². The second-order valence-electron chi connectivity index (χ2n) is 12.2. The van der Waals surface area contributed by atoms with Gasteiger partial charge in [-0.1, -0.05) is 59.9 Å². The standard InChI is InChI=1S/C20H28N4O2Si.C8H10N2O.C4H10Cl2Si/c1-15-9-7-11-19(21-15)17(3)23-25-13-27(5,6)14-26-24-18(4)20-12-8-10-16(2)22-20;1-6-4-3-5-8(9-6)7(2)10-11;1-7(2,3-5)4-6/h7-12H,13-14H2,1-6H3;3-5,11H,1-2H3;3-4H2,1-2H3/b23-17+,24-18+;10-7+;. The third-order valence-corrected chi connectivity index (χ3v) is 13.6. The predicted octanol–water partition coefficient (Wildman–Crippen LogP) is 7.90. The van der Waals surface area contributed by atoms with Gasteiger partial charge < -0.3 is 14.9 Å². The molecule has 13 heteroatoms. The summed E-state index contributed by atoms with van der Waals surface area (Å²) < 4.78 is 0. The fourth-order valence-corrected chi connectivity index (χ4v) is 4.90. The molecule has 0 unspecified atom stereocenters. The number of hydrogen-bond acceptors (Lipinski definition) is 9. The van der Waals surface area contributed by atoms with Crippen LogP contribution in [-0.4, -0.2) is 76.9 Å². The van der Waals surface area contributed by atoms with Crippen molar-refractivity contribution in [3.8, 4) is 0 Å². The summed E-state index contributed by atoms with van der Waals surface area (Å²) in [5.74, 6) is 0. The molecule has 246 valence electrons. The highest BCUT2D eigenvalue weighted by atomic mass is 35.5. The molecule has 0 radical (unpaired) electrons. The SMILES string of the molecule is C/C(=N\O)c1cccc(C)n1.C/C(=N\OC[Si](C)(C)CO/N=C(\C)c1cccc(C)n1)c1cccc(C)n1.C[Si](C)(CCl)CCl. The molecule has 0 fully saturated rings. The topological polar surface area (TPSA) is 114 Å². The first kappa shape index (κ1) is 39.9. The lowest BCUT2D eigenvalue weighted by molar-refractivity contribution is 0.160. The summed E-state index contributed by atoms with van der Waals surface area (Å²) in [5, 5.41) is 19.9. The molecule has 0 aliphatic carbocycles. The zero-order valence-corrected chi connectivity index (χ0v) is 31.7. The molecular weight excluding hydrogens is 643 g/mol. The number of halogens is 2. The molecule has 0 saturated heterocycles. The maximum Gasteiger partial charge on any atom is 0.143 e. The van der Waals surface area contributed by atoms with Gasteiger partial charge in [0.05, 0.1) is 25.2 Å². The Kier molecular flexibility index (Phi) is 17.8. The van der Waals surface area contributed by atoms with Crippen LogP contribution in [0.25, 0.3) is 0 Å². The smallest absolute Gasteiger partial charge is 0.143 e. The molecule has 0 spiro atoms. The van der Waals surface area contributed by atoms with Crippen molar-refractivity contribution >= 4 is 56.5 Å². The van der Waals surface area contributed by atoms with E-state index in [0.29, 0.717) is 23.9 Å². The Morgan fingerprint density at radius 1 is 0.622 bits per heavy atom. The van der Waals surface area contributed by atoms with Crippen molar-refractivity contribution in [1.29, 1.82) is 0 Å². The van der Waals surface area contributed by atoms with E-state index in [1.165, 1.54) is 0 Å². The molecule has 0 bridgehead atoms. The van der Waals surface area contributed by atoms with Gasteiger partial charge in [-0.2, -0.15) is 0 Å². The van der Waals surface area contributed by atoms with Crippen LogP contribution in [0, 0.1) is 20.8 Å². The number of rotatable bonds is 11. The Bertz CT molecular complexity index is 1360. The van der Waals surface area contributed by atoms with Crippen LogP contribution in [0.2, 0.25) is 26.2 Å². The van der Waals surface area contributed by atoms with Gasteiger partial charge in [0.25, 0.3) is 0 Å². The summed E-state index contributed by atoms with van der Waals surface area (Å²) in [6.07, 6.45) is 1.10. The van der Waals surface area contributed by atoms with E-state index in [2.05, 4.69) is 56.6 Å².